The van der Waals surface area contributed by atoms with Gasteiger partial charge in [-0.15, -0.1) is 0 Å². The summed E-state index contributed by atoms with van der Waals surface area (Å²) in [6, 6.07) is 5.38. The Bertz CT molecular complexity index is 461. The van der Waals surface area contributed by atoms with Crippen molar-refractivity contribution in [2.75, 3.05) is 6.54 Å². The number of rotatable bonds is 1. The molecule has 18 heavy (non-hydrogen) atoms. The van der Waals surface area contributed by atoms with Crippen LogP contribution in [0.4, 0.5) is 0 Å². The molecule has 1 aromatic carbocycles. The molecule has 2 rings (SSSR count). The van der Waals surface area contributed by atoms with Gasteiger partial charge in [-0.1, -0.05) is 6.92 Å². The lowest BCUT2D eigenvalue weighted by Gasteiger charge is -2.38. The molecule has 1 amide bonds. The average Bonchev–Trinajstić information content (AvgIpc) is 2.35. The molecule has 1 saturated heterocycles. The van der Waals surface area contributed by atoms with E-state index < -0.39 is 0 Å². The highest BCUT2D eigenvalue weighted by atomic mass is 127. The number of phenols is 1. The lowest BCUT2D eigenvalue weighted by atomic mass is 9.91. The third-order valence-electron chi connectivity index (χ3n) is 3.82. The van der Waals surface area contributed by atoms with E-state index in [0.717, 1.165) is 16.5 Å². The Morgan fingerprint density at radius 2 is 2.17 bits per heavy atom. The smallest absolute Gasteiger partial charge is 0.257 e. The zero-order valence-corrected chi connectivity index (χ0v) is 12.8. The van der Waals surface area contributed by atoms with Crippen molar-refractivity contribution in [2.45, 2.75) is 32.7 Å². The first-order chi connectivity index (χ1) is 8.50. The molecule has 3 nitrogen and oxygen atoms in total. The molecule has 4 heteroatoms. The molecular weight excluding hydrogens is 341 g/mol. The highest BCUT2D eigenvalue weighted by Crippen LogP contribution is 2.27. The van der Waals surface area contributed by atoms with Gasteiger partial charge < -0.3 is 10.0 Å². The highest BCUT2D eigenvalue weighted by molar-refractivity contribution is 14.1. The number of nitrogens with zero attached hydrogens (tertiary/aromatic N) is 1. The van der Waals surface area contributed by atoms with Crippen molar-refractivity contribution in [3.63, 3.8) is 0 Å². The Morgan fingerprint density at radius 1 is 1.44 bits per heavy atom. The van der Waals surface area contributed by atoms with Crippen LogP contribution in [-0.2, 0) is 0 Å². The predicted octanol–water partition coefficient (Wildman–Crippen LogP) is 3.26. The lowest BCUT2D eigenvalue weighted by Crippen LogP contribution is -2.46. The highest BCUT2D eigenvalue weighted by Gasteiger charge is 2.30. The van der Waals surface area contributed by atoms with Crippen LogP contribution in [0.25, 0.3) is 0 Å². The second kappa shape index (κ2) is 5.47. The van der Waals surface area contributed by atoms with Crippen LogP contribution in [0.1, 0.15) is 37.0 Å². The van der Waals surface area contributed by atoms with Gasteiger partial charge in [0, 0.05) is 16.2 Å². The summed E-state index contributed by atoms with van der Waals surface area (Å²) in [6.07, 6.45) is 2.21. The molecule has 0 aliphatic carbocycles. The molecule has 1 aliphatic rings. The van der Waals surface area contributed by atoms with Gasteiger partial charge >= 0.3 is 0 Å². The van der Waals surface area contributed by atoms with Gasteiger partial charge in [0.15, 0.2) is 0 Å². The summed E-state index contributed by atoms with van der Waals surface area (Å²) < 4.78 is 0.964. The fourth-order valence-corrected chi connectivity index (χ4v) is 2.95. The zero-order chi connectivity index (χ0) is 13.3. The number of carbonyl (C=O) groups excluding carboxylic acids is 1. The molecule has 1 N–H and O–H groups in total. The number of benzene rings is 1. The second-order valence-electron chi connectivity index (χ2n) is 5.02. The number of halogens is 1. The summed E-state index contributed by atoms with van der Waals surface area (Å²) in [5, 5.41) is 9.84. The molecule has 0 aromatic heterocycles. The molecule has 1 fully saturated rings. The fourth-order valence-electron chi connectivity index (χ4n) is 2.46. The molecule has 98 valence electrons. The van der Waals surface area contributed by atoms with Gasteiger partial charge in [0.25, 0.3) is 5.91 Å². The van der Waals surface area contributed by atoms with Gasteiger partial charge in [-0.3, -0.25) is 4.79 Å². The van der Waals surface area contributed by atoms with Crippen molar-refractivity contribution in [1.29, 1.82) is 0 Å². The third kappa shape index (κ3) is 2.63. The molecule has 1 aromatic rings. The van der Waals surface area contributed by atoms with Crippen LogP contribution in [-0.4, -0.2) is 28.5 Å². The van der Waals surface area contributed by atoms with E-state index in [1.807, 2.05) is 4.90 Å². The van der Waals surface area contributed by atoms with Crippen LogP contribution in [0, 0.1) is 9.49 Å². The second-order valence-corrected chi connectivity index (χ2v) is 6.27. The van der Waals surface area contributed by atoms with Crippen molar-refractivity contribution >= 4 is 28.5 Å². The minimum Gasteiger partial charge on any atom is -0.507 e. The Balaban J connectivity index is 2.27. The quantitative estimate of drug-likeness (QED) is 0.782. The van der Waals surface area contributed by atoms with E-state index >= 15 is 0 Å². The summed E-state index contributed by atoms with van der Waals surface area (Å²) in [5.41, 5.74) is 0.419. The van der Waals surface area contributed by atoms with Crippen LogP contribution >= 0.6 is 22.6 Å². The number of piperidine rings is 1. The Labute approximate surface area is 121 Å². The number of hydrogen-bond acceptors (Lipinski definition) is 2. The topological polar surface area (TPSA) is 40.5 Å². The van der Waals surface area contributed by atoms with E-state index in [-0.39, 0.29) is 17.7 Å². The molecule has 1 heterocycles. The summed E-state index contributed by atoms with van der Waals surface area (Å²) in [4.78, 5) is 14.4. The molecular formula is C14H18INO2. The SMILES string of the molecule is CC1CCCN(C(=O)c2cc(I)ccc2O)C1C. The van der Waals surface area contributed by atoms with E-state index in [0.29, 0.717) is 11.5 Å². The monoisotopic (exact) mass is 359 g/mol. The standard InChI is InChI=1S/C14H18INO2/c1-9-4-3-7-16(10(9)2)14(18)12-8-11(15)5-6-13(12)17/h5-6,8-10,17H,3-4,7H2,1-2H3. The molecule has 0 bridgehead atoms. The van der Waals surface area contributed by atoms with E-state index in [2.05, 4.69) is 36.4 Å². The Morgan fingerprint density at radius 3 is 2.89 bits per heavy atom. The van der Waals surface area contributed by atoms with Gasteiger partial charge in [-0.25, -0.2) is 0 Å². The maximum atomic E-state index is 12.5. The van der Waals surface area contributed by atoms with Gasteiger partial charge in [-0.2, -0.15) is 0 Å². The Kier molecular flexibility index (Phi) is 4.14. The van der Waals surface area contributed by atoms with Crippen molar-refractivity contribution in [3.8, 4) is 5.75 Å². The molecule has 2 atom stereocenters. The number of phenolic OH excluding ortho intramolecular Hbond substituents is 1. The van der Waals surface area contributed by atoms with Crippen molar-refractivity contribution in [1.82, 2.24) is 4.90 Å². The summed E-state index contributed by atoms with van der Waals surface area (Å²) in [6.45, 7) is 5.06. The lowest BCUT2D eigenvalue weighted by molar-refractivity contribution is 0.0548. The Hall–Kier alpha value is -0.780. The van der Waals surface area contributed by atoms with Crippen LogP contribution in [0.5, 0.6) is 5.75 Å². The predicted molar refractivity (Wildman–Crippen MR) is 79.7 cm³/mol. The molecule has 1 aliphatic heterocycles. The number of amides is 1. The molecule has 2 unspecified atom stereocenters. The van der Waals surface area contributed by atoms with Crippen molar-refractivity contribution < 1.29 is 9.90 Å². The minimum atomic E-state index is -0.0509. The first-order valence-electron chi connectivity index (χ1n) is 6.30. The van der Waals surface area contributed by atoms with Crippen LogP contribution in [0.15, 0.2) is 18.2 Å². The summed E-state index contributed by atoms with van der Waals surface area (Å²) >= 11 is 2.15. The molecule has 0 saturated carbocycles. The largest absolute Gasteiger partial charge is 0.507 e. The van der Waals surface area contributed by atoms with Gasteiger partial charge in [0.05, 0.1) is 5.56 Å². The van der Waals surface area contributed by atoms with E-state index in [1.54, 1.807) is 18.2 Å². The van der Waals surface area contributed by atoms with Gasteiger partial charge in [0.2, 0.25) is 0 Å². The van der Waals surface area contributed by atoms with Crippen LogP contribution < -0.4 is 0 Å². The van der Waals surface area contributed by atoms with Crippen molar-refractivity contribution in [2.24, 2.45) is 5.92 Å². The van der Waals surface area contributed by atoms with Crippen molar-refractivity contribution in [3.05, 3.63) is 27.3 Å². The minimum absolute atomic E-state index is 0.0509. The van der Waals surface area contributed by atoms with Crippen LogP contribution in [0.3, 0.4) is 0 Å². The number of likely N-dealkylation sites (tertiary alicyclic amines) is 1. The van der Waals surface area contributed by atoms with E-state index in [1.165, 1.54) is 6.42 Å². The number of hydrogen-bond donors (Lipinski definition) is 1. The maximum Gasteiger partial charge on any atom is 0.257 e. The summed E-state index contributed by atoms with van der Waals surface area (Å²) in [7, 11) is 0. The third-order valence-corrected chi connectivity index (χ3v) is 4.49. The first-order valence-corrected chi connectivity index (χ1v) is 7.38. The van der Waals surface area contributed by atoms with Gasteiger partial charge in [0.1, 0.15) is 5.75 Å². The zero-order valence-electron chi connectivity index (χ0n) is 10.7. The summed E-state index contributed by atoms with van der Waals surface area (Å²) in [5.74, 6) is 0.545. The maximum absolute atomic E-state index is 12.5. The van der Waals surface area contributed by atoms with E-state index in [9.17, 15) is 9.90 Å². The number of aromatic hydroxyl groups is 1. The average molecular weight is 359 g/mol. The molecule has 0 radical (unpaired) electrons. The number of carbonyl (C=O) groups is 1. The first kappa shape index (κ1) is 13.6. The van der Waals surface area contributed by atoms with E-state index in [4.69, 9.17) is 0 Å². The van der Waals surface area contributed by atoms with Gasteiger partial charge in [-0.05, 0) is 66.5 Å². The van der Waals surface area contributed by atoms with Crippen LogP contribution in [0.2, 0.25) is 0 Å². The fraction of sp³-hybridized carbons (Fsp3) is 0.500. The molecule has 0 spiro atoms. The normalized spacial score (nSPS) is 24.1.